The summed E-state index contributed by atoms with van der Waals surface area (Å²) in [5.74, 6) is 1.61. The maximum atomic E-state index is 12.9. The Morgan fingerprint density at radius 3 is 2.78 bits per heavy atom. The first-order valence-electron chi connectivity index (χ1n) is 11.5. The van der Waals surface area contributed by atoms with E-state index in [2.05, 4.69) is 43.8 Å². The second-order valence-electron chi connectivity index (χ2n) is 7.90. The maximum Gasteiger partial charge on any atom is 0.252 e. The SMILES string of the molecule is CCCn1c(CNc2cccc(C(=O)N[C@H](C#N)c3ccccc3OC)c2)nnc1-c1ccncn1. The zero-order chi connectivity index (χ0) is 25.3. The summed E-state index contributed by atoms with van der Waals surface area (Å²) >= 11 is 0. The van der Waals surface area contributed by atoms with Gasteiger partial charge < -0.3 is 19.9 Å². The summed E-state index contributed by atoms with van der Waals surface area (Å²) < 4.78 is 7.36. The molecule has 10 heteroatoms. The molecule has 10 nitrogen and oxygen atoms in total. The monoisotopic (exact) mass is 482 g/mol. The van der Waals surface area contributed by atoms with Crippen molar-refractivity contribution in [3.63, 3.8) is 0 Å². The minimum Gasteiger partial charge on any atom is -0.496 e. The van der Waals surface area contributed by atoms with Gasteiger partial charge in [0.2, 0.25) is 0 Å². The third-order valence-corrected chi connectivity index (χ3v) is 5.52. The topological polar surface area (TPSA) is 131 Å². The molecule has 4 aromatic rings. The van der Waals surface area contributed by atoms with E-state index in [0.29, 0.717) is 34.9 Å². The van der Waals surface area contributed by atoms with Crippen LogP contribution in [0.1, 0.15) is 41.1 Å². The lowest BCUT2D eigenvalue weighted by atomic mass is 10.1. The van der Waals surface area contributed by atoms with E-state index in [-0.39, 0.29) is 5.91 Å². The van der Waals surface area contributed by atoms with E-state index in [1.54, 1.807) is 48.7 Å². The number of rotatable bonds is 10. The van der Waals surface area contributed by atoms with Crippen molar-refractivity contribution >= 4 is 11.6 Å². The van der Waals surface area contributed by atoms with Crippen LogP contribution in [0, 0.1) is 11.3 Å². The molecule has 36 heavy (non-hydrogen) atoms. The number of methoxy groups -OCH3 is 1. The molecular weight excluding hydrogens is 456 g/mol. The summed E-state index contributed by atoms with van der Waals surface area (Å²) in [6.07, 6.45) is 4.07. The number of carbonyl (C=O) groups is 1. The summed E-state index contributed by atoms with van der Waals surface area (Å²) in [5.41, 5.74) is 2.47. The van der Waals surface area contributed by atoms with Gasteiger partial charge in [-0.1, -0.05) is 31.2 Å². The number of nitrogens with one attached hydrogen (secondary N) is 2. The van der Waals surface area contributed by atoms with Crippen LogP contribution in [0.25, 0.3) is 11.5 Å². The Morgan fingerprint density at radius 1 is 1.17 bits per heavy atom. The lowest BCUT2D eigenvalue weighted by molar-refractivity contribution is 0.0945. The molecule has 0 aliphatic carbocycles. The summed E-state index contributed by atoms with van der Waals surface area (Å²) in [7, 11) is 1.53. The first-order valence-corrected chi connectivity index (χ1v) is 11.5. The van der Waals surface area contributed by atoms with Gasteiger partial charge in [0.25, 0.3) is 5.91 Å². The molecule has 0 aliphatic rings. The highest BCUT2D eigenvalue weighted by Gasteiger charge is 2.19. The molecule has 0 saturated heterocycles. The van der Waals surface area contributed by atoms with Gasteiger partial charge in [-0.15, -0.1) is 10.2 Å². The van der Waals surface area contributed by atoms with Crippen molar-refractivity contribution in [2.75, 3.05) is 12.4 Å². The highest BCUT2D eigenvalue weighted by atomic mass is 16.5. The molecular formula is C26H26N8O2. The highest BCUT2D eigenvalue weighted by molar-refractivity contribution is 5.95. The fourth-order valence-corrected chi connectivity index (χ4v) is 3.79. The predicted octanol–water partition coefficient (Wildman–Crippen LogP) is 3.76. The van der Waals surface area contributed by atoms with E-state index in [1.165, 1.54) is 13.4 Å². The average Bonchev–Trinajstić information content (AvgIpc) is 3.33. The Morgan fingerprint density at radius 2 is 2.03 bits per heavy atom. The van der Waals surface area contributed by atoms with Crippen LogP contribution in [-0.2, 0) is 13.1 Å². The maximum absolute atomic E-state index is 12.9. The number of ether oxygens (including phenoxy) is 1. The van der Waals surface area contributed by atoms with Crippen LogP contribution >= 0.6 is 0 Å². The van der Waals surface area contributed by atoms with Gasteiger partial charge in [0.1, 0.15) is 23.8 Å². The van der Waals surface area contributed by atoms with Crippen molar-refractivity contribution in [1.29, 1.82) is 5.26 Å². The number of amides is 1. The van der Waals surface area contributed by atoms with Gasteiger partial charge >= 0.3 is 0 Å². The van der Waals surface area contributed by atoms with Gasteiger partial charge in [-0.25, -0.2) is 9.97 Å². The van der Waals surface area contributed by atoms with Crippen LogP contribution in [0.2, 0.25) is 0 Å². The first kappa shape index (κ1) is 24.3. The van der Waals surface area contributed by atoms with Gasteiger partial charge in [0.05, 0.1) is 19.7 Å². The van der Waals surface area contributed by atoms with Gasteiger partial charge in [-0.05, 0) is 36.8 Å². The molecule has 0 aliphatic heterocycles. The molecule has 0 fully saturated rings. The van der Waals surface area contributed by atoms with Crippen LogP contribution < -0.4 is 15.4 Å². The average molecular weight is 483 g/mol. The molecule has 182 valence electrons. The Balaban J connectivity index is 1.48. The predicted molar refractivity (Wildman–Crippen MR) is 134 cm³/mol. The minimum absolute atomic E-state index is 0.365. The number of hydrogen-bond donors (Lipinski definition) is 2. The van der Waals surface area contributed by atoms with Crippen LogP contribution in [0.3, 0.4) is 0 Å². The van der Waals surface area contributed by atoms with Gasteiger partial charge in [0, 0.05) is 29.6 Å². The molecule has 0 unspecified atom stereocenters. The Kier molecular flexibility index (Phi) is 7.83. The molecule has 0 radical (unpaired) electrons. The molecule has 1 amide bonds. The number of anilines is 1. The molecule has 1 atom stereocenters. The van der Waals surface area contributed by atoms with Gasteiger partial charge in [-0.3, -0.25) is 4.79 Å². The Bertz CT molecular complexity index is 1360. The number of hydrogen-bond acceptors (Lipinski definition) is 8. The quantitative estimate of drug-likeness (QED) is 0.349. The van der Waals surface area contributed by atoms with Crippen molar-refractivity contribution in [3.8, 4) is 23.3 Å². The number of para-hydroxylation sites is 1. The second-order valence-corrected chi connectivity index (χ2v) is 7.90. The van der Waals surface area contributed by atoms with Crippen molar-refractivity contribution in [1.82, 2.24) is 30.0 Å². The van der Waals surface area contributed by atoms with Crippen LogP contribution in [0.4, 0.5) is 5.69 Å². The minimum atomic E-state index is -0.849. The van der Waals surface area contributed by atoms with E-state index < -0.39 is 6.04 Å². The van der Waals surface area contributed by atoms with Crippen LogP contribution in [0.5, 0.6) is 5.75 Å². The molecule has 2 N–H and O–H groups in total. The normalized spacial score (nSPS) is 11.4. The molecule has 2 aromatic carbocycles. The zero-order valence-electron chi connectivity index (χ0n) is 20.0. The number of nitrogens with zero attached hydrogens (tertiary/aromatic N) is 6. The van der Waals surface area contributed by atoms with E-state index in [9.17, 15) is 10.1 Å². The largest absolute Gasteiger partial charge is 0.496 e. The van der Waals surface area contributed by atoms with E-state index in [0.717, 1.165) is 24.5 Å². The fraction of sp³-hybridized carbons (Fsp3) is 0.231. The van der Waals surface area contributed by atoms with E-state index >= 15 is 0 Å². The van der Waals surface area contributed by atoms with Crippen molar-refractivity contribution in [2.45, 2.75) is 32.5 Å². The summed E-state index contributed by atoms with van der Waals surface area (Å²) in [6.45, 7) is 3.23. The number of aromatic nitrogens is 5. The lowest BCUT2D eigenvalue weighted by Crippen LogP contribution is -2.28. The molecule has 2 aromatic heterocycles. The Hall–Kier alpha value is -4.78. The number of benzene rings is 2. The van der Waals surface area contributed by atoms with Gasteiger partial charge in [0.15, 0.2) is 11.6 Å². The molecule has 0 bridgehead atoms. The second kappa shape index (κ2) is 11.6. The summed E-state index contributed by atoms with van der Waals surface area (Å²) in [6, 6.07) is 17.3. The Labute approximate surface area is 209 Å². The van der Waals surface area contributed by atoms with Crippen molar-refractivity contribution in [2.24, 2.45) is 0 Å². The van der Waals surface area contributed by atoms with E-state index in [1.807, 2.05) is 16.7 Å². The fourth-order valence-electron chi connectivity index (χ4n) is 3.79. The molecule has 2 heterocycles. The smallest absolute Gasteiger partial charge is 0.252 e. The third kappa shape index (κ3) is 5.47. The lowest BCUT2D eigenvalue weighted by Gasteiger charge is -2.15. The number of nitriles is 1. The van der Waals surface area contributed by atoms with E-state index in [4.69, 9.17) is 4.74 Å². The number of carbonyl (C=O) groups excluding carboxylic acids is 1. The summed E-state index contributed by atoms with van der Waals surface area (Å²) in [4.78, 5) is 21.2. The molecule has 0 spiro atoms. The standard InChI is InChI=1S/C26H26N8O2/c1-3-13-34-24(32-33-25(34)21-11-12-28-17-30-21)16-29-19-8-6-7-18(14-19)26(35)31-22(15-27)20-9-4-5-10-23(20)36-2/h4-12,14,17,22,29H,3,13,16H2,1-2H3,(H,31,35)/t22-/m1/s1. The summed E-state index contributed by atoms with van der Waals surface area (Å²) in [5, 5.41) is 24.4. The third-order valence-electron chi connectivity index (χ3n) is 5.52. The van der Waals surface area contributed by atoms with Crippen molar-refractivity contribution in [3.05, 3.63) is 84.1 Å². The molecule has 0 saturated carbocycles. The highest BCUT2D eigenvalue weighted by Crippen LogP contribution is 2.25. The van der Waals surface area contributed by atoms with Crippen molar-refractivity contribution < 1.29 is 9.53 Å². The van der Waals surface area contributed by atoms with Gasteiger partial charge in [-0.2, -0.15) is 5.26 Å². The van der Waals surface area contributed by atoms with Crippen LogP contribution in [-0.4, -0.2) is 37.7 Å². The first-order chi connectivity index (χ1) is 17.6. The zero-order valence-corrected chi connectivity index (χ0v) is 20.0. The van der Waals surface area contributed by atoms with Crippen LogP contribution in [0.15, 0.2) is 67.1 Å². The molecule has 4 rings (SSSR count).